The van der Waals surface area contributed by atoms with Crippen molar-refractivity contribution in [3.8, 4) is 0 Å². The predicted molar refractivity (Wildman–Crippen MR) is 43.4 cm³/mol. The van der Waals surface area contributed by atoms with Crippen LogP contribution in [-0.2, 0) is 4.79 Å². The van der Waals surface area contributed by atoms with Gasteiger partial charge in [-0.15, -0.1) is 0 Å². The van der Waals surface area contributed by atoms with Gasteiger partial charge in [-0.2, -0.15) is 0 Å². The third-order valence-electron chi connectivity index (χ3n) is 1.65. The lowest BCUT2D eigenvalue weighted by atomic mass is 9.96. The number of halogens is 1. The fourth-order valence-electron chi connectivity index (χ4n) is 0.944. The van der Waals surface area contributed by atoms with E-state index in [2.05, 4.69) is 0 Å². The van der Waals surface area contributed by atoms with Crippen LogP contribution in [0.2, 0.25) is 0 Å². The molecule has 0 spiro atoms. The first-order chi connectivity index (χ1) is 5.61. The van der Waals surface area contributed by atoms with E-state index in [1.54, 1.807) is 6.08 Å². The summed E-state index contributed by atoms with van der Waals surface area (Å²) in [7, 11) is 0. The molecule has 64 valence electrons. The largest absolute Gasteiger partial charge is 0.326 e. The van der Waals surface area contributed by atoms with Crippen LogP contribution in [0.1, 0.15) is 0 Å². The molecule has 0 aromatic rings. The Labute approximate surface area is 73.7 Å². The van der Waals surface area contributed by atoms with Gasteiger partial charge in [0.2, 0.25) is 0 Å². The minimum Gasteiger partial charge on any atom is -0.302 e. The second-order valence-corrected chi connectivity index (χ2v) is 3.00. The van der Waals surface area contributed by atoms with Crippen molar-refractivity contribution in [1.29, 1.82) is 0 Å². The van der Waals surface area contributed by atoms with Crippen molar-refractivity contribution in [3.05, 3.63) is 34.4 Å². The summed E-state index contributed by atoms with van der Waals surface area (Å²) in [5.41, 5.74) is 0. The van der Waals surface area contributed by atoms with Crippen LogP contribution in [-0.4, -0.2) is 16.2 Å². The molecular weight excluding hydrogens is 182 g/mol. The van der Waals surface area contributed by atoms with Crippen LogP contribution in [0.3, 0.4) is 0 Å². The number of aldehydes is 1. The molecule has 0 N–H and O–H groups in total. The summed E-state index contributed by atoms with van der Waals surface area (Å²) in [6.07, 6.45) is 6.09. The smallest absolute Gasteiger partial charge is 0.302 e. The van der Waals surface area contributed by atoms with Gasteiger partial charge in [-0.25, -0.2) is 0 Å². The summed E-state index contributed by atoms with van der Waals surface area (Å²) in [6.45, 7) is 0. The monoisotopic (exact) mass is 187 g/mol. The summed E-state index contributed by atoms with van der Waals surface area (Å²) in [5, 5.41) is 10.5. The molecule has 12 heavy (non-hydrogen) atoms. The van der Waals surface area contributed by atoms with Crippen LogP contribution in [0.5, 0.6) is 0 Å². The number of carbonyl (C=O) groups is 1. The normalized spacial score (nSPS) is 33.2. The molecular formula is C7H6ClNO3. The maximum Gasteiger partial charge on any atom is 0.326 e. The molecule has 0 saturated heterocycles. The zero-order valence-corrected chi connectivity index (χ0v) is 6.77. The second kappa shape index (κ2) is 3.06. The van der Waals surface area contributed by atoms with E-state index < -0.39 is 15.8 Å². The summed E-state index contributed by atoms with van der Waals surface area (Å²) in [4.78, 5) is 18.4. The van der Waals surface area contributed by atoms with E-state index in [0.717, 1.165) is 0 Å². The highest BCUT2D eigenvalue weighted by molar-refractivity contribution is 6.25. The van der Waals surface area contributed by atoms with Crippen molar-refractivity contribution in [2.75, 3.05) is 0 Å². The van der Waals surface area contributed by atoms with E-state index in [-0.39, 0.29) is 0 Å². The average Bonchev–Trinajstić information content (AvgIpc) is 2.05. The van der Waals surface area contributed by atoms with E-state index in [0.29, 0.717) is 6.29 Å². The summed E-state index contributed by atoms with van der Waals surface area (Å²) >= 11 is 5.61. The number of nitro groups is 1. The van der Waals surface area contributed by atoms with E-state index in [1.165, 1.54) is 18.2 Å². The highest BCUT2D eigenvalue weighted by Crippen LogP contribution is 2.30. The Kier molecular flexibility index (Phi) is 2.28. The van der Waals surface area contributed by atoms with Crippen LogP contribution in [0, 0.1) is 16.0 Å². The molecule has 0 aromatic carbocycles. The Morgan fingerprint density at radius 1 is 1.58 bits per heavy atom. The van der Waals surface area contributed by atoms with E-state index >= 15 is 0 Å². The predicted octanol–water partition coefficient (Wildman–Crippen LogP) is 1.14. The van der Waals surface area contributed by atoms with Crippen molar-refractivity contribution in [2.24, 2.45) is 5.92 Å². The first kappa shape index (κ1) is 8.93. The molecule has 1 aliphatic carbocycles. The van der Waals surface area contributed by atoms with Crippen molar-refractivity contribution in [3.63, 3.8) is 0 Å². The minimum atomic E-state index is -1.80. The van der Waals surface area contributed by atoms with Gasteiger partial charge in [0.1, 0.15) is 12.2 Å². The van der Waals surface area contributed by atoms with Crippen LogP contribution in [0.4, 0.5) is 0 Å². The zero-order valence-electron chi connectivity index (χ0n) is 6.01. The molecule has 4 nitrogen and oxygen atoms in total. The summed E-state index contributed by atoms with van der Waals surface area (Å²) < 4.78 is 0. The quantitative estimate of drug-likeness (QED) is 0.214. The highest BCUT2D eigenvalue weighted by Gasteiger charge is 2.46. The van der Waals surface area contributed by atoms with Gasteiger partial charge in [-0.3, -0.25) is 10.1 Å². The Balaban J connectivity index is 3.02. The van der Waals surface area contributed by atoms with Crippen molar-refractivity contribution >= 4 is 17.9 Å². The third kappa shape index (κ3) is 1.25. The van der Waals surface area contributed by atoms with E-state index in [4.69, 9.17) is 11.6 Å². The van der Waals surface area contributed by atoms with Gasteiger partial charge < -0.3 is 4.79 Å². The topological polar surface area (TPSA) is 60.2 Å². The van der Waals surface area contributed by atoms with Crippen LogP contribution in [0.25, 0.3) is 0 Å². The number of alkyl halides is 1. The summed E-state index contributed by atoms with van der Waals surface area (Å²) in [5.74, 6) is -0.890. The minimum absolute atomic E-state index is 0.468. The second-order valence-electron chi connectivity index (χ2n) is 2.39. The Bertz CT molecular complexity index is 274. The van der Waals surface area contributed by atoms with Gasteiger partial charge in [0.05, 0.1) is 0 Å². The van der Waals surface area contributed by atoms with Crippen LogP contribution >= 0.6 is 11.6 Å². The molecule has 5 heteroatoms. The van der Waals surface area contributed by atoms with Crippen molar-refractivity contribution in [2.45, 2.75) is 5.00 Å². The number of allylic oxidation sites excluding steroid dienone is 2. The van der Waals surface area contributed by atoms with Crippen LogP contribution < -0.4 is 0 Å². The van der Waals surface area contributed by atoms with Gasteiger partial charge >= 0.3 is 5.00 Å². The fourth-order valence-corrected chi connectivity index (χ4v) is 1.14. The zero-order chi connectivity index (χ0) is 9.19. The van der Waals surface area contributed by atoms with Gasteiger partial charge in [0.15, 0.2) is 0 Å². The summed E-state index contributed by atoms with van der Waals surface area (Å²) in [6, 6.07) is 0. The lowest BCUT2D eigenvalue weighted by molar-refractivity contribution is -0.532. The Morgan fingerprint density at radius 2 is 2.25 bits per heavy atom. The molecule has 2 atom stereocenters. The van der Waals surface area contributed by atoms with Gasteiger partial charge in [-0.1, -0.05) is 18.2 Å². The van der Waals surface area contributed by atoms with Gasteiger partial charge in [0.25, 0.3) is 0 Å². The molecule has 0 fully saturated rings. The molecule has 0 radical (unpaired) electrons. The molecule has 0 saturated carbocycles. The third-order valence-corrected chi connectivity index (χ3v) is 2.17. The first-order valence-corrected chi connectivity index (χ1v) is 3.64. The Morgan fingerprint density at radius 3 is 2.67 bits per heavy atom. The van der Waals surface area contributed by atoms with E-state index in [9.17, 15) is 14.9 Å². The fraction of sp³-hybridized carbons (Fsp3) is 0.286. The maximum absolute atomic E-state index is 10.5. The first-order valence-electron chi connectivity index (χ1n) is 3.26. The molecule has 2 unspecified atom stereocenters. The average molecular weight is 188 g/mol. The SMILES string of the molecule is O=CC1C=CC=CC1(Cl)[N+](=O)[O-]. The maximum atomic E-state index is 10.5. The lowest BCUT2D eigenvalue weighted by Crippen LogP contribution is -2.39. The molecule has 0 amide bonds. The molecule has 0 aromatic heterocycles. The number of nitrogens with zero attached hydrogens (tertiary/aromatic N) is 1. The van der Waals surface area contributed by atoms with E-state index in [1.807, 2.05) is 0 Å². The molecule has 0 heterocycles. The van der Waals surface area contributed by atoms with Gasteiger partial charge in [-0.05, 0) is 11.6 Å². The molecule has 1 aliphatic rings. The molecule has 1 rings (SSSR count). The van der Waals surface area contributed by atoms with Crippen molar-refractivity contribution in [1.82, 2.24) is 0 Å². The number of carbonyl (C=O) groups excluding carboxylic acids is 1. The van der Waals surface area contributed by atoms with Crippen molar-refractivity contribution < 1.29 is 9.72 Å². The number of hydrogen-bond donors (Lipinski definition) is 0. The highest BCUT2D eigenvalue weighted by atomic mass is 35.5. The Hall–Kier alpha value is -1.16. The molecule has 0 bridgehead atoms. The number of rotatable bonds is 2. The van der Waals surface area contributed by atoms with Gasteiger partial charge in [0, 0.05) is 11.0 Å². The standard InChI is InChI=1S/C7H6ClNO3/c8-7(9(11)12)4-2-1-3-6(7)5-10/h1-6H. The lowest BCUT2D eigenvalue weighted by Gasteiger charge is -2.19. The molecule has 0 aliphatic heterocycles. The number of hydrogen-bond acceptors (Lipinski definition) is 3. The van der Waals surface area contributed by atoms with Crippen LogP contribution in [0.15, 0.2) is 24.3 Å².